The van der Waals surface area contributed by atoms with Gasteiger partial charge in [0.2, 0.25) is 15.0 Å². The number of benzene rings is 2. The summed E-state index contributed by atoms with van der Waals surface area (Å²) in [6, 6.07) is 12.1. The number of nitrogens with one attached hydrogen (secondary N) is 1. The lowest BCUT2D eigenvalue weighted by Gasteiger charge is -2.09. The smallest absolute Gasteiger partial charge is 0.274 e. The summed E-state index contributed by atoms with van der Waals surface area (Å²) >= 11 is 0. The van der Waals surface area contributed by atoms with Gasteiger partial charge in [-0.15, -0.1) is 0 Å². The Balaban J connectivity index is 1.78. The first-order valence-electron chi connectivity index (χ1n) is 8.44. The fourth-order valence-electron chi connectivity index (χ4n) is 3.08. The lowest BCUT2D eigenvalue weighted by molar-refractivity contribution is 0.101. The van der Waals surface area contributed by atoms with E-state index in [0.717, 1.165) is 0 Å². The molecule has 1 aliphatic heterocycles. The van der Waals surface area contributed by atoms with Gasteiger partial charge in [0.25, 0.3) is 5.91 Å². The van der Waals surface area contributed by atoms with Crippen molar-refractivity contribution in [3.05, 3.63) is 60.0 Å². The Labute approximate surface area is 160 Å². The van der Waals surface area contributed by atoms with Crippen LogP contribution in [0.4, 0.5) is 10.1 Å². The summed E-state index contributed by atoms with van der Waals surface area (Å²) in [5.41, 5.74) is 1.30. The van der Waals surface area contributed by atoms with E-state index in [4.69, 9.17) is 4.74 Å². The first kappa shape index (κ1) is 18.2. The minimum absolute atomic E-state index is 0.109. The molecule has 1 aromatic heterocycles. The molecule has 0 spiro atoms. The average Bonchev–Trinajstić information content (AvgIpc) is 3.21. The Bertz CT molecular complexity index is 1150. The minimum Gasteiger partial charge on any atom is -0.497 e. The van der Waals surface area contributed by atoms with E-state index in [-0.39, 0.29) is 28.8 Å². The summed E-state index contributed by atoms with van der Waals surface area (Å²) in [6.07, 6.45) is 0. The first-order valence-corrected chi connectivity index (χ1v) is 10.1. The van der Waals surface area contributed by atoms with Crippen LogP contribution in [0.15, 0.2) is 53.7 Å². The molecule has 0 unspecified atom stereocenters. The highest BCUT2D eigenvalue weighted by molar-refractivity contribution is 7.91. The van der Waals surface area contributed by atoms with E-state index in [1.807, 2.05) is 0 Å². The molecule has 7 nitrogen and oxygen atoms in total. The zero-order valence-corrected chi connectivity index (χ0v) is 15.7. The number of amides is 1. The van der Waals surface area contributed by atoms with Crippen LogP contribution < -0.4 is 10.1 Å². The maximum Gasteiger partial charge on any atom is 0.274 e. The SMILES string of the molecule is COc1ccc(NC(=O)c2c(-c3ccc(F)cc3)nc3n2CCS3(=O)=O)cc1. The van der Waals surface area contributed by atoms with E-state index in [9.17, 15) is 17.6 Å². The van der Waals surface area contributed by atoms with Gasteiger partial charge in [-0.05, 0) is 48.5 Å². The molecule has 0 atom stereocenters. The third-order valence-electron chi connectivity index (χ3n) is 4.47. The topological polar surface area (TPSA) is 90.3 Å². The number of nitrogens with zero attached hydrogens (tertiary/aromatic N) is 2. The average molecular weight is 401 g/mol. The number of imidazole rings is 1. The normalized spacial score (nSPS) is 14.5. The highest BCUT2D eigenvalue weighted by Crippen LogP contribution is 2.31. The van der Waals surface area contributed by atoms with Crippen LogP contribution in [0.2, 0.25) is 0 Å². The fraction of sp³-hybridized carbons (Fsp3) is 0.158. The molecule has 0 saturated heterocycles. The van der Waals surface area contributed by atoms with Crippen molar-refractivity contribution in [2.75, 3.05) is 18.2 Å². The molecule has 0 radical (unpaired) electrons. The van der Waals surface area contributed by atoms with Crippen LogP contribution in [0.1, 0.15) is 10.5 Å². The molecular weight excluding hydrogens is 385 g/mol. The summed E-state index contributed by atoms with van der Waals surface area (Å²) in [4.78, 5) is 17.2. The van der Waals surface area contributed by atoms with E-state index in [1.54, 1.807) is 31.4 Å². The minimum atomic E-state index is -3.56. The molecule has 0 aliphatic carbocycles. The summed E-state index contributed by atoms with van der Waals surface area (Å²) in [5.74, 6) is -0.406. The van der Waals surface area contributed by atoms with E-state index >= 15 is 0 Å². The maximum absolute atomic E-state index is 13.3. The summed E-state index contributed by atoms with van der Waals surface area (Å²) in [7, 11) is -2.02. The zero-order valence-electron chi connectivity index (χ0n) is 14.8. The Morgan fingerprint density at radius 3 is 2.46 bits per heavy atom. The molecule has 2 heterocycles. The number of sulfone groups is 1. The van der Waals surface area contributed by atoms with Crippen molar-refractivity contribution in [2.24, 2.45) is 0 Å². The van der Waals surface area contributed by atoms with Gasteiger partial charge in [-0.2, -0.15) is 0 Å². The molecule has 9 heteroatoms. The van der Waals surface area contributed by atoms with Gasteiger partial charge in [-0.1, -0.05) is 0 Å². The van der Waals surface area contributed by atoms with Gasteiger partial charge in [-0.25, -0.2) is 17.8 Å². The van der Waals surface area contributed by atoms with Gasteiger partial charge < -0.3 is 14.6 Å². The number of aromatic nitrogens is 2. The quantitative estimate of drug-likeness (QED) is 0.726. The molecule has 4 rings (SSSR count). The highest BCUT2D eigenvalue weighted by atomic mass is 32.2. The van der Waals surface area contributed by atoms with Crippen molar-refractivity contribution < 1.29 is 22.3 Å². The Morgan fingerprint density at radius 1 is 1.14 bits per heavy atom. The van der Waals surface area contributed by atoms with Crippen LogP contribution in [0.5, 0.6) is 5.75 Å². The fourth-order valence-corrected chi connectivity index (χ4v) is 4.44. The molecule has 1 N–H and O–H groups in total. The first-order chi connectivity index (χ1) is 13.4. The van der Waals surface area contributed by atoms with E-state index < -0.39 is 21.6 Å². The highest BCUT2D eigenvalue weighted by Gasteiger charge is 2.35. The lowest BCUT2D eigenvalue weighted by Crippen LogP contribution is -2.17. The second-order valence-corrected chi connectivity index (χ2v) is 8.25. The molecular formula is C19H16FN3O4S. The summed E-state index contributed by atoms with van der Waals surface area (Å²) < 4.78 is 44.3. The van der Waals surface area contributed by atoms with Crippen LogP contribution in [-0.2, 0) is 16.4 Å². The van der Waals surface area contributed by atoms with Gasteiger partial charge in [0, 0.05) is 17.8 Å². The second kappa shape index (κ2) is 6.75. The number of methoxy groups -OCH3 is 1. The van der Waals surface area contributed by atoms with Crippen LogP contribution in [-0.4, -0.2) is 36.7 Å². The number of rotatable bonds is 4. The van der Waals surface area contributed by atoms with Crippen molar-refractivity contribution in [1.29, 1.82) is 0 Å². The van der Waals surface area contributed by atoms with Crippen molar-refractivity contribution in [3.63, 3.8) is 0 Å². The monoisotopic (exact) mass is 401 g/mol. The third-order valence-corrected chi connectivity index (χ3v) is 6.06. The number of halogens is 1. The number of ether oxygens (including phenoxy) is 1. The van der Waals surface area contributed by atoms with Crippen molar-refractivity contribution >= 4 is 21.4 Å². The molecule has 28 heavy (non-hydrogen) atoms. The van der Waals surface area contributed by atoms with Crippen molar-refractivity contribution in [3.8, 4) is 17.0 Å². The van der Waals surface area contributed by atoms with Gasteiger partial charge in [0.1, 0.15) is 23.0 Å². The Morgan fingerprint density at radius 2 is 1.82 bits per heavy atom. The number of carbonyl (C=O) groups excluding carboxylic acids is 1. The number of hydrogen-bond donors (Lipinski definition) is 1. The van der Waals surface area contributed by atoms with Gasteiger partial charge in [0.15, 0.2) is 0 Å². The van der Waals surface area contributed by atoms with Crippen LogP contribution >= 0.6 is 0 Å². The van der Waals surface area contributed by atoms with Crippen LogP contribution in [0.3, 0.4) is 0 Å². The molecule has 2 aromatic carbocycles. The molecule has 0 saturated carbocycles. The third kappa shape index (κ3) is 3.13. The zero-order chi connectivity index (χ0) is 19.9. The molecule has 1 aliphatic rings. The molecule has 1 amide bonds. The number of anilines is 1. The summed E-state index contributed by atoms with van der Waals surface area (Å²) in [6.45, 7) is 0.136. The molecule has 144 valence electrons. The Kier molecular flexibility index (Phi) is 4.38. The van der Waals surface area contributed by atoms with Gasteiger partial charge in [-0.3, -0.25) is 4.79 Å². The van der Waals surface area contributed by atoms with Crippen LogP contribution in [0.25, 0.3) is 11.3 Å². The standard InChI is InChI=1S/C19H16FN3O4S/c1-27-15-8-6-14(7-9-15)21-18(24)17-16(12-2-4-13(20)5-3-12)22-19-23(17)10-11-28(19,25)26/h2-9H,10-11H2,1H3,(H,21,24). The van der Waals surface area contributed by atoms with Crippen molar-refractivity contribution in [2.45, 2.75) is 11.7 Å². The number of carbonyl (C=O) groups is 1. The van der Waals surface area contributed by atoms with Gasteiger partial charge >= 0.3 is 0 Å². The van der Waals surface area contributed by atoms with E-state index in [2.05, 4.69) is 10.3 Å². The number of hydrogen-bond acceptors (Lipinski definition) is 5. The van der Waals surface area contributed by atoms with Gasteiger partial charge in [0.05, 0.1) is 12.9 Å². The maximum atomic E-state index is 13.3. The number of fused-ring (bicyclic) bond motifs is 1. The molecule has 0 fully saturated rings. The van der Waals surface area contributed by atoms with Crippen LogP contribution in [0, 0.1) is 5.82 Å². The molecule has 3 aromatic rings. The lowest BCUT2D eigenvalue weighted by atomic mass is 10.1. The van der Waals surface area contributed by atoms with E-state index in [0.29, 0.717) is 17.0 Å². The largest absolute Gasteiger partial charge is 0.497 e. The van der Waals surface area contributed by atoms with Crippen molar-refractivity contribution in [1.82, 2.24) is 9.55 Å². The second-order valence-electron chi connectivity index (χ2n) is 6.25. The Hall–Kier alpha value is -3.20. The predicted molar refractivity (Wildman–Crippen MR) is 101 cm³/mol. The molecule has 0 bridgehead atoms. The summed E-state index contributed by atoms with van der Waals surface area (Å²) in [5, 5.41) is 2.60. The predicted octanol–water partition coefficient (Wildman–Crippen LogP) is 2.74. The van der Waals surface area contributed by atoms with E-state index in [1.165, 1.54) is 28.8 Å².